The number of hydrogen-bond donors (Lipinski definition) is 4. The minimum absolute atomic E-state index is 0.312. The Balaban J connectivity index is 1.17. The van der Waals surface area contributed by atoms with Crippen molar-refractivity contribution in [1.29, 1.82) is 0 Å². The number of benzene rings is 1. The van der Waals surface area contributed by atoms with Gasteiger partial charge in [0.2, 0.25) is 0 Å². The number of nitrogens with one attached hydrogen (secondary N) is 4. The molecule has 230 valence electrons. The van der Waals surface area contributed by atoms with Gasteiger partial charge in [0.05, 0.1) is 22.6 Å². The minimum atomic E-state index is -0.312. The van der Waals surface area contributed by atoms with E-state index in [2.05, 4.69) is 46.7 Å². The van der Waals surface area contributed by atoms with E-state index in [4.69, 9.17) is 4.98 Å². The zero-order chi connectivity index (χ0) is 30.8. The quantitative estimate of drug-likeness (QED) is 0.132. The van der Waals surface area contributed by atoms with Gasteiger partial charge in [0, 0.05) is 65.9 Å². The summed E-state index contributed by atoms with van der Waals surface area (Å²) in [6, 6.07) is 15.1. The van der Waals surface area contributed by atoms with Gasteiger partial charge in [-0.3, -0.25) is 15.1 Å². The smallest absolute Gasteiger partial charge is 0.135 e. The fourth-order valence-electron chi connectivity index (χ4n) is 6.27. The van der Waals surface area contributed by atoms with Crippen molar-refractivity contribution >= 4 is 27.6 Å². The summed E-state index contributed by atoms with van der Waals surface area (Å²) in [4.78, 5) is 19.8. The largest absolute Gasteiger partial charge is 0.384 e. The van der Waals surface area contributed by atoms with Crippen LogP contribution in [0.2, 0.25) is 0 Å². The van der Waals surface area contributed by atoms with E-state index in [-0.39, 0.29) is 5.82 Å². The molecule has 5 heterocycles. The normalized spacial score (nSPS) is 13.9. The Morgan fingerprint density at radius 2 is 1.84 bits per heavy atom. The van der Waals surface area contributed by atoms with Crippen molar-refractivity contribution < 1.29 is 4.39 Å². The molecule has 0 saturated heterocycles. The molecule has 7 rings (SSSR count). The van der Waals surface area contributed by atoms with E-state index in [1.807, 2.05) is 56.8 Å². The predicted molar refractivity (Wildman–Crippen MR) is 178 cm³/mol. The third kappa shape index (κ3) is 6.43. The van der Waals surface area contributed by atoms with Crippen LogP contribution < -0.4 is 10.6 Å². The number of likely N-dealkylation sites (N-methyl/N-ethyl adjacent to an activating group) is 1. The van der Waals surface area contributed by atoms with Crippen molar-refractivity contribution in [1.82, 2.24) is 40.3 Å². The van der Waals surface area contributed by atoms with Crippen molar-refractivity contribution in [3.05, 3.63) is 78.5 Å². The van der Waals surface area contributed by atoms with Gasteiger partial charge in [-0.25, -0.2) is 9.37 Å². The van der Waals surface area contributed by atoms with Crippen LogP contribution in [0.15, 0.2) is 67.1 Å². The third-order valence-electron chi connectivity index (χ3n) is 8.60. The molecule has 0 spiro atoms. The average Bonchev–Trinajstić information content (AvgIpc) is 3.80. The number of halogens is 1. The molecule has 1 aliphatic carbocycles. The van der Waals surface area contributed by atoms with Crippen molar-refractivity contribution in [2.75, 3.05) is 39.0 Å². The molecule has 9 nitrogen and oxygen atoms in total. The van der Waals surface area contributed by atoms with E-state index < -0.39 is 0 Å². The van der Waals surface area contributed by atoms with Crippen LogP contribution in [0.3, 0.4) is 0 Å². The Kier molecular flexibility index (Phi) is 8.23. The fraction of sp³-hybridized carbons (Fsp3) is 0.314. The first kappa shape index (κ1) is 29.1. The Hall–Kier alpha value is -4.67. The molecular weight excluding hydrogens is 565 g/mol. The van der Waals surface area contributed by atoms with E-state index >= 15 is 0 Å². The number of hydrogen-bond acceptors (Lipinski definition) is 7. The second kappa shape index (κ2) is 12.7. The number of pyridine rings is 3. The lowest BCUT2D eigenvalue weighted by atomic mass is 10.1. The number of anilines is 1. The van der Waals surface area contributed by atoms with E-state index in [1.165, 1.54) is 37.8 Å². The van der Waals surface area contributed by atoms with Gasteiger partial charge in [0.1, 0.15) is 17.0 Å². The molecule has 1 fully saturated rings. The Labute approximate surface area is 261 Å². The molecule has 1 saturated carbocycles. The summed E-state index contributed by atoms with van der Waals surface area (Å²) in [7, 11) is 4.02. The van der Waals surface area contributed by atoms with E-state index in [1.54, 1.807) is 6.20 Å². The molecule has 0 amide bonds. The molecule has 0 radical (unpaired) electrons. The molecule has 10 heteroatoms. The van der Waals surface area contributed by atoms with Crippen LogP contribution in [0.1, 0.15) is 31.2 Å². The topological polar surface area (TPSA) is 110 Å². The molecule has 0 bridgehead atoms. The van der Waals surface area contributed by atoms with E-state index in [9.17, 15) is 4.39 Å². The van der Waals surface area contributed by atoms with Crippen LogP contribution >= 0.6 is 0 Å². The number of nitrogens with zero attached hydrogens (tertiary/aromatic N) is 5. The Bertz CT molecular complexity index is 1940. The minimum Gasteiger partial charge on any atom is -0.384 e. The zero-order valence-electron chi connectivity index (χ0n) is 25.7. The maximum absolute atomic E-state index is 14.7. The van der Waals surface area contributed by atoms with Crippen molar-refractivity contribution in [3.63, 3.8) is 0 Å². The lowest BCUT2D eigenvalue weighted by Crippen LogP contribution is -2.20. The first-order chi connectivity index (χ1) is 22.0. The molecular formula is C35H38FN9. The van der Waals surface area contributed by atoms with Crippen molar-refractivity contribution in [2.24, 2.45) is 5.92 Å². The molecule has 1 aliphatic rings. The Morgan fingerprint density at radius 1 is 0.956 bits per heavy atom. The van der Waals surface area contributed by atoms with Gasteiger partial charge in [0.25, 0.3) is 0 Å². The third-order valence-corrected chi connectivity index (χ3v) is 8.60. The van der Waals surface area contributed by atoms with Crippen molar-refractivity contribution in [2.45, 2.75) is 32.2 Å². The second-order valence-corrected chi connectivity index (χ2v) is 12.3. The average molecular weight is 604 g/mol. The van der Waals surface area contributed by atoms with Crippen LogP contribution in [-0.2, 0) is 6.54 Å². The van der Waals surface area contributed by atoms with Crippen LogP contribution in [0.25, 0.3) is 55.8 Å². The van der Waals surface area contributed by atoms with Gasteiger partial charge in [0.15, 0.2) is 0 Å². The lowest BCUT2D eigenvalue weighted by molar-refractivity contribution is 0.425. The first-order valence-electron chi connectivity index (χ1n) is 15.7. The molecule has 45 heavy (non-hydrogen) atoms. The molecule has 0 unspecified atom stereocenters. The van der Waals surface area contributed by atoms with Gasteiger partial charge < -0.3 is 20.5 Å². The maximum atomic E-state index is 14.7. The summed E-state index contributed by atoms with van der Waals surface area (Å²) in [6.45, 7) is 3.40. The standard InChI is InChI=1S/C35H38FN9/c1-45(2)12-11-39-27-15-24(14-26(36)16-27)33-28-17-32(41-30(28)9-10-40-33)35-34-31(43-44-35)8-7-29(42-34)25-13-23(20-38-21-25)19-37-18-22-5-3-4-6-22/h7-10,13-17,20-22,37,39,41H,3-6,11-12,18-19H2,1-2H3,(H,43,44). The number of aromatic amines is 2. The SMILES string of the molecule is CN(C)CCNc1cc(F)cc(-c2nccc3[nH]c(-c4n[nH]c5ccc(-c6cncc(CNCC7CCCC7)c6)nc45)cc23)c1. The molecule has 6 aromatic rings. The predicted octanol–water partition coefficient (Wildman–Crippen LogP) is 6.62. The highest BCUT2D eigenvalue weighted by Crippen LogP contribution is 2.34. The van der Waals surface area contributed by atoms with E-state index in [0.717, 1.165) is 75.7 Å². The number of fused-ring (bicyclic) bond motifs is 2. The van der Waals surface area contributed by atoms with Crippen molar-refractivity contribution in [3.8, 4) is 33.9 Å². The number of aromatic nitrogens is 6. The van der Waals surface area contributed by atoms with Gasteiger partial charge in [-0.2, -0.15) is 5.10 Å². The van der Waals surface area contributed by atoms with Gasteiger partial charge in [-0.15, -0.1) is 0 Å². The van der Waals surface area contributed by atoms with Crippen LogP contribution in [0, 0.1) is 11.7 Å². The second-order valence-electron chi connectivity index (χ2n) is 12.3. The molecule has 5 aromatic heterocycles. The monoisotopic (exact) mass is 603 g/mol. The summed E-state index contributed by atoms with van der Waals surface area (Å²) in [5, 5.41) is 15.6. The van der Waals surface area contributed by atoms with Crippen LogP contribution in [0.5, 0.6) is 0 Å². The molecule has 1 aromatic carbocycles. The number of H-pyrrole nitrogens is 2. The molecule has 0 atom stereocenters. The lowest BCUT2D eigenvalue weighted by Gasteiger charge is -2.12. The van der Waals surface area contributed by atoms with Crippen LogP contribution in [0.4, 0.5) is 10.1 Å². The highest BCUT2D eigenvalue weighted by Gasteiger charge is 2.17. The summed E-state index contributed by atoms with van der Waals surface area (Å²) >= 11 is 0. The molecule has 4 N–H and O–H groups in total. The summed E-state index contributed by atoms with van der Waals surface area (Å²) < 4.78 is 14.7. The summed E-state index contributed by atoms with van der Waals surface area (Å²) in [6.07, 6.45) is 10.9. The number of rotatable bonds is 11. The van der Waals surface area contributed by atoms with Gasteiger partial charge >= 0.3 is 0 Å². The molecule has 0 aliphatic heterocycles. The first-order valence-corrected chi connectivity index (χ1v) is 15.7. The van der Waals surface area contributed by atoms with Gasteiger partial charge in [-0.05, 0) is 93.5 Å². The summed E-state index contributed by atoms with van der Waals surface area (Å²) in [5.74, 6) is 0.482. The Morgan fingerprint density at radius 3 is 2.71 bits per heavy atom. The van der Waals surface area contributed by atoms with Crippen LogP contribution in [-0.4, -0.2) is 68.8 Å². The zero-order valence-corrected chi connectivity index (χ0v) is 25.7. The highest BCUT2D eigenvalue weighted by molar-refractivity contribution is 5.99. The maximum Gasteiger partial charge on any atom is 0.135 e. The van der Waals surface area contributed by atoms with Gasteiger partial charge in [-0.1, -0.05) is 12.8 Å². The summed E-state index contributed by atoms with van der Waals surface area (Å²) in [5.41, 5.74) is 9.07. The fourth-order valence-corrected chi connectivity index (χ4v) is 6.27. The van der Waals surface area contributed by atoms with E-state index in [0.29, 0.717) is 23.5 Å². The highest BCUT2D eigenvalue weighted by atomic mass is 19.1.